The predicted molar refractivity (Wildman–Crippen MR) is 322 cm³/mol. The molecule has 0 atom stereocenters. The zero-order valence-corrected chi connectivity index (χ0v) is 48.1. The van der Waals surface area contributed by atoms with Gasteiger partial charge in [-0.15, -0.1) is 0 Å². The van der Waals surface area contributed by atoms with Gasteiger partial charge in [0.2, 0.25) is 11.8 Å². The fourth-order valence-corrected chi connectivity index (χ4v) is 11.1. The smallest absolute Gasteiger partial charge is 0.328 e. The molecule has 0 bridgehead atoms. The minimum absolute atomic E-state index is 0.286. The highest BCUT2D eigenvalue weighted by atomic mass is 16.5. The van der Waals surface area contributed by atoms with Crippen molar-refractivity contribution in [2.24, 2.45) is 5.92 Å². The summed E-state index contributed by atoms with van der Waals surface area (Å²) >= 11 is 0. The van der Waals surface area contributed by atoms with Crippen LogP contribution in [0.15, 0.2) is 134 Å². The first kappa shape index (κ1) is 58.4. The molecule has 438 valence electrons. The Morgan fingerprint density at radius 3 is 1.30 bits per heavy atom. The Morgan fingerprint density at radius 1 is 0.512 bits per heavy atom. The van der Waals surface area contributed by atoms with E-state index in [2.05, 4.69) is 72.2 Å². The van der Waals surface area contributed by atoms with Crippen LogP contribution in [-0.2, 0) is 9.47 Å². The number of nitrogens with one attached hydrogen (secondary N) is 4. The zero-order chi connectivity index (χ0) is 58.5. The molecule has 2 saturated heterocycles. The van der Waals surface area contributed by atoms with E-state index in [0.29, 0.717) is 101 Å². The number of pyridine rings is 2. The molecule has 20 heteroatoms. The summed E-state index contributed by atoms with van der Waals surface area (Å²) < 4.78 is 37.0. The second-order valence-corrected chi connectivity index (χ2v) is 21.2. The average Bonchev–Trinajstić information content (AvgIpc) is 3.87. The fraction of sp³-hybridized carbons (Fsp3) is 0.344. The van der Waals surface area contributed by atoms with Crippen molar-refractivity contribution in [3.63, 3.8) is 0 Å². The molecule has 20 nitrogen and oxygen atoms in total. The van der Waals surface area contributed by atoms with E-state index in [1.165, 1.54) is 20.3 Å². The Kier molecular flexibility index (Phi) is 19.1. The number of benzene rings is 4. The average molecular weight is 1140 g/mol. The number of ether oxygens (including phenoxy) is 6. The van der Waals surface area contributed by atoms with Gasteiger partial charge in [0, 0.05) is 112 Å². The van der Waals surface area contributed by atoms with Crippen molar-refractivity contribution in [1.29, 1.82) is 0 Å². The number of likely N-dealkylation sites (tertiary alicyclic amines) is 2. The maximum Gasteiger partial charge on any atom is 0.328 e. The van der Waals surface area contributed by atoms with Crippen molar-refractivity contribution in [2.45, 2.75) is 44.4 Å². The van der Waals surface area contributed by atoms with Crippen molar-refractivity contribution in [3.8, 4) is 34.8 Å². The van der Waals surface area contributed by atoms with Gasteiger partial charge in [0.1, 0.15) is 47.8 Å². The topological polar surface area (TPSA) is 214 Å². The largest absolute Gasteiger partial charge is 0.491 e. The molecular weight excluding hydrogens is 1070 g/mol. The van der Waals surface area contributed by atoms with Gasteiger partial charge in [0.05, 0.1) is 24.2 Å². The van der Waals surface area contributed by atoms with Crippen LogP contribution in [0.2, 0.25) is 0 Å². The first-order valence-electron chi connectivity index (χ1n) is 28.5. The molecule has 0 spiro atoms. The number of piperidine rings is 2. The molecule has 4 aromatic carbocycles. The van der Waals surface area contributed by atoms with Crippen molar-refractivity contribution in [3.05, 3.63) is 156 Å². The van der Waals surface area contributed by atoms with Crippen LogP contribution in [0.5, 0.6) is 34.8 Å². The number of anilines is 2. The summed E-state index contributed by atoms with van der Waals surface area (Å²) in [6, 6.07) is 36.1. The molecule has 84 heavy (non-hydrogen) atoms. The van der Waals surface area contributed by atoms with E-state index < -0.39 is 0 Å². The third-order valence-electron chi connectivity index (χ3n) is 15.4. The monoisotopic (exact) mass is 1140 g/mol. The third-order valence-corrected chi connectivity index (χ3v) is 15.4. The summed E-state index contributed by atoms with van der Waals surface area (Å²) in [6.07, 6.45) is 7.34. The van der Waals surface area contributed by atoms with Gasteiger partial charge in [-0.1, -0.05) is 31.2 Å². The van der Waals surface area contributed by atoms with Gasteiger partial charge in [-0.3, -0.25) is 9.59 Å². The summed E-state index contributed by atoms with van der Waals surface area (Å²) in [6.45, 7) is 10.2. The van der Waals surface area contributed by atoms with Crippen molar-refractivity contribution < 1.29 is 47.6 Å². The molecule has 4 N–H and O–H groups in total. The Labute approximate surface area is 488 Å². The number of hydrogen-bond acceptors (Lipinski definition) is 14. The SMILES string of the molecule is CNC(=O)n1c(Oc2ccnc(NC(=O)c3ccc(C4CCN(CC(C)CN5CCC(c6ccc(C(=O)Nc7cc(Oc8cc9ccc(OCCOC)cc9n8C(=O)NC)ccn7)cc6)CC5)CC4)cc3)c2)cc2ccc(OCCOC)cc21. The van der Waals surface area contributed by atoms with E-state index in [4.69, 9.17) is 28.4 Å². The van der Waals surface area contributed by atoms with E-state index in [9.17, 15) is 19.2 Å². The summed E-state index contributed by atoms with van der Waals surface area (Å²) in [5, 5.41) is 12.7. The molecule has 4 amide bonds. The lowest BCUT2D eigenvalue weighted by Crippen LogP contribution is -2.41. The first-order chi connectivity index (χ1) is 40.9. The number of carbonyl (C=O) groups excluding carboxylic acids is 4. The van der Waals surface area contributed by atoms with Crippen LogP contribution in [0.3, 0.4) is 0 Å². The lowest BCUT2D eigenvalue weighted by molar-refractivity contribution is 0.101. The molecule has 0 unspecified atom stereocenters. The number of rotatable bonds is 22. The van der Waals surface area contributed by atoms with Crippen LogP contribution in [0.25, 0.3) is 21.8 Å². The maximum atomic E-state index is 13.4. The normalized spacial score (nSPS) is 14.4. The van der Waals surface area contributed by atoms with Gasteiger partial charge in [-0.05, 0) is 141 Å². The fourth-order valence-electron chi connectivity index (χ4n) is 11.1. The van der Waals surface area contributed by atoms with Gasteiger partial charge in [0.25, 0.3) is 11.8 Å². The molecule has 0 radical (unpaired) electrons. The predicted octanol–water partition coefficient (Wildman–Crippen LogP) is 10.6. The highest BCUT2D eigenvalue weighted by Gasteiger charge is 2.27. The highest BCUT2D eigenvalue weighted by Crippen LogP contribution is 2.36. The molecule has 10 rings (SSSR count). The van der Waals surface area contributed by atoms with E-state index in [1.54, 1.807) is 89.2 Å². The number of amides is 4. The molecule has 0 aliphatic carbocycles. The molecule has 2 fully saturated rings. The molecule has 8 aromatic rings. The Hall–Kier alpha value is -8.82. The van der Waals surface area contributed by atoms with Crippen molar-refractivity contribution in [1.82, 2.24) is 39.5 Å². The number of nitrogens with zero attached hydrogens (tertiary/aromatic N) is 6. The Bertz CT molecular complexity index is 3340. The standard InChI is InChI=1S/C64H72N10O10/c1-42(40-71-26-20-45(21-27-71)43-6-10-47(11-7-43)61(75)69-57-38-53(18-24-67-57)83-59-34-49-14-16-51(81-32-30-79-4)36-55(49)73(59)63(77)65-2)41-72-28-22-46(23-29-72)44-8-12-48(13-9-44)62(76)70-58-39-54(19-25-68-58)84-60-35-50-15-17-52(82-33-31-80-5)37-56(50)74(60)64(78)66-3/h6-19,24-25,34-39,42,45-46H,20-23,26-33,40-41H2,1-5H3,(H,65,77)(H,66,78)(H,67,69,75)(H,68,70,76). The van der Waals surface area contributed by atoms with Crippen LogP contribution < -0.4 is 40.2 Å². The van der Waals surface area contributed by atoms with E-state index in [-0.39, 0.29) is 35.6 Å². The van der Waals surface area contributed by atoms with E-state index in [1.807, 2.05) is 48.5 Å². The zero-order valence-electron chi connectivity index (χ0n) is 48.1. The summed E-state index contributed by atoms with van der Waals surface area (Å²) in [5.74, 6) is 3.98. The van der Waals surface area contributed by atoms with Gasteiger partial charge < -0.3 is 59.5 Å². The van der Waals surface area contributed by atoms with E-state index >= 15 is 0 Å². The molecular formula is C64H72N10O10. The summed E-state index contributed by atoms with van der Waals surface area (Å²) in [4.78, 5) is 66.9. The molecule has 2 aliphatic heterocycles. The minimum atomic E-state index is -0.383. The highest BCUT2D eigenvalue weighted by molar-refractivity contribution is 6.04. The number of aromatic nitrogens is 4. The summed E-state index contributed by atoms with van der Waals surface area (Å²) in [5.41, 5.74) is 4.74. The first-order valence-corrected chi connectivity index (χ1v) is 28.5. The third kappa shape index (κ3) is 14.3. The van der Waals surface area contributed by atoms with Crippen LogP contribution >= 0.6 is 0 Å². The number of fused-ring (bicyclic) bond motifs is 2. The minimum Gasteiger partial charge on any atom is -0.491 e. The maximum absolute atomic E-state index is 13.4. The number of hydrogen-bond donors (Lipinski definition) is 4. The Morgan fingerprint density at radius 2 is 0.917 bits per heavy atom. The quantitative estimate of drug-likeness (QED) is 0.0465. The molecule has 4 aromatic heterocycles. The van der Waals surface area contributed by atoms with Crippen molar-refractivity contribution in [2.75, 3.05) is 105 Å². The van der Waals surface area contributed by atoms with Crippen molar-refractivity contribution >= 4 is 57.3 Å². The van der Waals surface area contributed by atoms with Gasteiger partial charge in [-0.2, -0.15) is 0 Å². The number of methoxy groups -OCH3 is 2. The van der Waals surface area contributed by atoms with Crippen LogP contribution in [-0.4, -0.2) is 147 Å². The molecule has 6 heterocycles. The summed E-state index contributed by atoms with van der Waals surface area (Å²) in [7, 11) is 6.32. The van der Waals surface area contributed by atoms with Gasteiger partial charge >= 0.3 is 12.1 Å². The lowest BCUT2D eigenvalue weighted by atomic mass is 9.88. The van der Waals surface area contributed by atoms with Gasteiger partial charge in [-0.25, -0.2) is 28.7 Å². The van der Waals surface area contributed by atoms with Crippen LogP contribution in [0, 0.1) is 5.92 Å². The molecule has 0 saturated carbocycles. The van der Waals surface area contributed by atoms with Crippen LogP contribution in [0.4, 0.5) is 21.2 Å². The van der Waals surface area contributed by atoms with E-state index in [0.717, 1.165) is 75.7 Å². The van der Waals surface area contributed by atoms with Gasteiger partial charge in [0.15, 0.2) is 0 Å². The van der Waals surface area contributed by atoms with Crippen LogP contribution in [0.1, 0.15) is 76.3 Å². The second-order valence-electron chi connectivity index (χ2n) is 21.2. The number of carbonyl (C=O) groups is 4. The Balaban J connectivity index is 0.646. The second kappa shape index (κ2) is 27.5. The lowest BCUT2D eigenvalue weighted by Gasteiger charge is -2.37. The molecule has 2 aliphatic rings.